The van der Waals surface area contributed by atoms with Gasteiger partial charge in [0, 0.05) is 12.6 Å². The van der Waals surface area contributed by atoms with Crippen molar-refractivity contribution in [2.24, 2.45) is 11.1 Å². The summed E-state index contributed by atoms with van der Waals surface area (Å²) in [4.78, 5) is 19.4. The van der Waals surface area contributed by atoms with E-state index in [9.17, 15) is 4.79 Å². The summed E-state index contributed by atoms with van der Waals surface area (Å²) >= 11 is 5.63. The minimum atomic E-state index is -0.0742. The number of nitrogens with one attached hydrogen (secondary N) is 1. The summed E-state index contributed by atoms with van der Waals surface area (Å²) in [7, 11) is 0. The van der Waals surface area contributed by atoms with Gasteiger partial charge in [-0.1, -0.05) is 13.8 Å². The van der Waals surface area contributed by atoms with Crippen LogP contribution in [0.1, 0.15) is 33.1 Å². The molecule has 0 aliphatic rings. The summed E-state index contributed by atoms with van der Waals surface area (Å²) in [5.74, 6) is 0.353. The van der Waals surface area contributed by atoms with E-state index >= 15 is 0 Å². The topological polar surface area (TPSA) is 80.9 Å². The SMILES string of the molecule is CC(C)(CCN)CCC(=O)Nc1ccnc(Cl)n1. The van der Waals surface area contributed by atoms with Crippen LogP contribution < -0.4 is 11.1 Å². The molecule has 0 aromatic carbocycles. The van der Waals surface area contributed by atoms with E-state index in [1.54, 1.807) is 6.07 Å². The molecule has 6 heteroatoms. The number of rotatable bonds is 6. The normalized spacial score (nSPS) is 11.3. The number of carbonyl (C=O) groups excluding carboxylic acids is 1. The van der Waals surface area contributed by atoms with Gasteiger partial charge in [-0.2, -0.15) is 0 Å². The summed E-state index contributed by atoms with van der Waals surface area (Å²) in [5.41, 5.74) is 5.61. The zero-order chi connectivity index (χ0) is 13.6. The van der Waals surface area contributed by atoms with Crippen LogP contribution in [0.3, 0.4) is 0 Å². The molecule has 1 heterocycles. The molecule has 18 heavy (non-hydrogen) atoms. The van der Waals surface area contributed by atoms with Crippen molar-refractivity contribution in [2.75, 3.05) is 11.9 Å². The van der Waals surface area contributed by atoms with Crippen LogP contribution in [-0.4, -0.2) is 22.4 Å². The first kappa shape index (κ1) is 14.9. The van der Waals surface area contributed by atoms with Gasteiger partial charge in [-0.05, 0) is 42.5 Å². The van der Waals surface area contributed by atoms with Gasteiger partial charge in [0.2, 0.25) is 11.2 Å². The van der Waals surface area contributed by atoms with Gasteiger partial charge >= 0.3 is 0 Å². The monoisotopic (exact) mass is 270 g/mol. The molecule has 0 aliphatic carbocycles. The maximum absolute atomic E-state index is 11.7. The number of hydrogen-bond acceptors (Lipinski definition) is 4. The van der Waals surface area contributed by atoms with E-state index < -0.39 is 0 Å². The first-order valence-electron chi connectivity index (χ1n) is 5.91. The van der Waals surface area contributed by atoms with Crippen molar-refractivity contribution >= 4 is 23.3 Å². The van der Waals surface area contributed by atoms with Crippen LogP contribution in [0.15, 0.2) is 12.3 Å². The molecule has 0 saturated carbocycles. The second-order valence-electron chi connectivity index (χ2n) is 4.96. The Morgan fingerprint density at radius 1 is 1.50 bits per heavy atom. The number of nitrogens with two attached hydrogens (primary N) is 1. The van der Waals surface area contributed by atoms with Crippen molar-refractivity contribution < 1.29 is 4.79 Å². The maximum Gasteiger partial charge on any atom is 0.225 e. The van der Waals surface area contributed by atoms with Crippen LogP contribution in [-0.2, 0) is 4.79 Å². The molecule has 0 fully saturated rings. The van der Waals surface area contributed by atoms with Crippen molar-refractivity contribution in [3.8, 4) is 0 Å². The third-order valence-corrected chi connectivity index (χ3v) is 2.93. The predicted molar refractivity (Wildman–Crippen MR) is 72.4 cm³/mol. The standard InChI is InChI=1S/C12H19ClN4O/c1-12(2,6-7-14)5-3-10(18)16-9-4-8-15-11(13)17-9/h4,8H,3,5-7,14H2,1-2H3,(H,15,16,17,18). The fourth-order valence-corrected chi connectivity index (χ4v) is 1.72. The van der Waals surface area contributed by atoms with Crippen LogP contribution in [0.5, 0.6) is 0 Å². The zero-order valence-corrected chi connectivity index (χ0v) is 11.5. The number of anilines is 1. The number of carbonyl (C=O) groups is 1. The molecule has 0 atom stereocenters. The Labute approximate surface area is 112 Å². The van der Waals surface area contributed by atoms with Crippen molar-refractivity contribution in [2.45, 2.75) is 33.1 Å². The molecule has 0 radical (unpaired) electrons. The number of halogens is 1. The Hall–Kier alpha value is -1.20. The second kappa shape index (κ2) is 6.66. The summed E-state index contributed by atoms with van der Waals surface area (Å²) in [5, 5.41) is 2.81. The molecule has 3 N–H and O–H groups in total. The summed E-state index contributed by atoms with van der Waals surface area (Å²) in [6.45, 7) is 4.85. The fourth-order valence-electron chi connectivity index (χ4n) is 1.58. The van der Waals surface area contributed by atoms with Crippen LogP contribution >= 0.6 is 11.6 Å². The minimum absolute atomic E-state index is 0.0742. The molecule has 0 bridgehead atoms. The summed E-state index contributed by atoms with van der Waals surface area (Å²) in [6.07, 6.45) is 3.63. The number of hydrogen-bond donors (Lipinski definition) is 2. The maximum atomic E-state index is 11.7. The van der Waals surface area contributed by atoms with Gasteiger partial charge in [0.05, 0.1) is 0 Å². The van der Waals surface area contributed by atoms with Gasteiger partial charge in [0.1, 0.15) is 5.82 Å². The minimum Gasteiger partial charge on any atom is -0.330 e. The van der Waals surface area contributed by atoms with Gasteiger partial charge in [-0.15, -0.1) is 0 Å². The molecule has 0 aliphatic heterocycles. The third-order valence-electron chi connectivity index (χ3n) is 2.74. The van der Waals surface area contributed by atoms with E-state index in [1.807, 2.05) is 0 Å². The molecule has 0 saturated heterocycles. The average molecular weight is 271 g/mol. The molecule has 0 spiro atoms. The van der Waals surface area contributed by atoms with Gasteiger partial charge in [0.25, 0.3) is 0 Å². The highest BCUT2D eigenvalue weighted by molar-refractivity contribution is 6.28. The van der Waals surface area contributed by atoms with Crippen molar-refractivity contribution in [1.82, 2.24) is 9.97 Å². The Balaban J connectivity index is 2.43. The van der Waals surface area contributed by atoms with Crippen LogP contribution in [0.25, 0.3) is 0 Å². The first-order chi connectivity index (χ1) is 8.43. The zero-order valence-electron chi connectivity index (χ0n) is 10.7. The van der Waals surface area contributed by atoms with Crippen molar-refractivity contribution in [3.63, 3.8) is 0 Å². The first-order valence-corrected chi connectivity index (χ1v) is 6.29. The number of nitrogens with zero attached hydrogens (tertiary/aromatic N) is 2. The Bertz CT molecular complexity index is 409. The van der Waals surface area contributed by atoms with Crippen LogP contribution in [0.4, 0.5) is 5.82 Å². The molecule has 100 valence electrons. The quantitative estimate of drug-likeness (QED) is 0.777. The van der Waals surface area contributed by atoms with Crippen molar-refractivity contribution in [3.05, 3.63) is 17.5 Å². The van der Waals surface area contributed by atoms with Gasteiger partial charge in [0.15, 0.2) is 0 Å². The van der Waals surface area contributed by atoms with Gasteiger partial charge < -0.3 is 11.1 Å². The molecule has 1 rings (SSSR count). The molecular weight excluding hydrogens is 252 g/mol. The molecule has 5 nitrogen and oxygen atoms in total. The Morgan fingerprint density at radius 2 is 2.22 bits per heavy atom. The third kappa shape index (κ3) is 5.42. The Kier molecular flexibility index (Phi) is 5.50. The lowest BCUT2D eigenvalue weighted by atomic mass is 9.84. The van der Waals surface area contributed by atoms with E-state index in [4.69, 9.17) is 17.3 Å². The highest BCUT2D eigenvalue weighted by Crippen LogP contribution is 2.25. The lowest BCUT2D eigenvalue weighted by Crippen LogP contribution is -2.21. The summed E-state index contributed by atoms with van der Waals surface area (Å²) in [6, 6.07) is 1.61. The van der Waals surface area contributed by atoms with E-state index in [2.05, 4.69) is 29.1 Å². The lowest BCUT2D eigenvalue weighted by molar-refractivity contribution is -0.116. The lowest BCUT2D eigenvalue weighted by Gasteiger charge is -2.23. The molecule has 1 aromatic heterocycles. The van der Waals surface area contributed by atoms with E-state index in [-0.39, 0.29) is 16.6 Å². The highest BCUT2D eigenvalue weighted by Gasteiger charge is 2.18. The molecule has 1 amide bonds. The smallest absolute Gasteiger partial charge is 0.225 e. The van der Waals surface area contributed by atoms with E-state index in [0.29, 0.717) is 18.8 Å². The van der Waals surface area contributed by atoms with Crippen LogP contribution in [0.2, 0.25) is 5.28 Å². The van der Waals surface area contributed by atoms with Gasteiger partial charge in [-0.25, -0.2) is 9.97 Å². The highest BCUT2D eigenvalue weighted by atomic mass is 35.5. The molecule has 0 unspecified atom stereocenters. The molecule has 1 aromatic rings. The summed E-state index contributed by atoms with van der Waals surface area (Å²) < 4.78 is 0. The Morgan fingerprint density at radius 3 is 2.83 bits per heavy atom. The van der Waals surface area contributed by atoms with Crippen LogP contribution in [0, 0.1) is 5.41 Å². The average Bonchev–Trinajstić information content (AvgIpc) is 2.26. The number of aromatic nitrogens is 2. The van der Waals surface area contributed by atoms with Gasteiger partial charge in [-0.3, -0.25) is 4.79 Å². The molecular formula is C12H19ClN4O. The van der Waals surface area contributed by atoms with E-state index in [0.717, 1.165) is 12.8 Å². The second-order valence-corrected chi connectivity index (χ2v) is 5.30. The van der Waals surface area contributed by atoms with Crippen molar-refractivity contribution in [1.29, 1.82) is 0 Å². The predicted octanol–water partition coefficient (Wildman–Crippen LogP) is 2.22. The fraction of sp³-hybridized carbons (Fsp3) is 0.583. The van der Waals surface area contributed by atoms with E-state index in [1.165, 1.54) is 6.20 Å². The largest absolute Gasteiger partial charge is 0.330 e. The number of amides is 1.